The molecule has 1 saturated heterocycles. The van der Waals surface area contributed by atoms with Crippen LogP contribution >= 0.6 is 7.26 Å². The minimum atomic E-state index is -2.45. The summed E-state index contributed by atoms with van der Waals surface area (Å²) in [6.45, 7) is 10.0. The zero-order valence-electron chi connectivity index (χ0n) is 29.6. The molecule has 5 aromatic carbocycles. The van der Waals surface area contributed by atoms with E-state index in [1.54, 1.807) is 17.9 Å². The van der Waals surface area contributed by atoms with Gasteiger partial charge in [0.1, 0.15) is 0 Å². The molecule has 1 nitrogen and oxygen atoms in total. The Balaban J connectivity index is 1.49. The number of ether oxygens (including phenoxy) is 1. The number of hydrogen-bond acceptors (Lipinski definition) is 1. The first-order valence-electron chi connectivity index (χ1n) is 17.5. The molecule has 0 bridgehead atoms. The Morgan fingerprint density at radius 2 is 1.25 bits per heavy atom. The van der Waals surface area contributed by atoms with E-state index in [-0.39, 0.29) is 5.41 Å². The van der Waals surface area contributed by atoms with Gasteiger partial charge in [0, 0.05) is 0 Å². The van der Waals surface area contributed by atoms with E-state index in [9.17, 15) is 0 Å². The number of hydrogen-bond donors (Lipinski definition) is 0. The van der Waals surface area contributed by atoms with Crippen LogP contribution in [0, 0.1) is 16.2 Å². The number of allylic oxidation sites excluding steroid dienone is 5. The van der Waals surface area contributed by atoms with Gasteiger partial charge in [0.2, 0.25) is 0 Å². The van der Waals surface area contributed by atoms with E-state index in [1.807, 2.05) is 0 Å². The molecule has 251 valence electrons. The fraction of sp³-hybridized carbons (Fsp3) is 0.146. The Morgan fingerprint density at radius 3 is 1.80 bits per heavy atom. The summed E-state index contributed by atoms with van der Waals surface area (Å²) < 4.78 is 9.79. The number of benzene rings is 5. The monoisotopic (exact) mass is 856 g/mol. The van der Waals surface area contributed by atoms with Crippen LogP contribution in [0.4, 0.5) is 0 Å². The molecular formula is C48H41OOsP+. The van der Waals surface area contributed by atoms with Gasteiger partial charge in [-0.25, -0.2) is 0 Å². The van der Waals surface area contributed by atoms with E-state index in [0.29, 0.717) is 13.2 Å². The molecule has 1 heterocycles. The van der Waals surface area contributed by atoms with E-state index >= 15 is 0 Å². The van der Waals surface area contributed by atoms with E-state index in [1.165, 1.54) is 54.9 Å². The van der Waals surface area contributed by atoms with Crippen LogP contribution in [0.25, 0.3) is 17.2 Å². The van der Waals surface area contributed by atoms with Gasteiger partial charge in [-0.15, -0.1) is 0 Å². The molecule has 0 aromatic heterocycles. The van der Waals surface area contributed by atoms with Crippen molar-refractivity contribution in [3.63, 3.8) is 0 Å². The Hall–Kier alpha value is -4.57. The first-order valence-corrected chi connectivity index (χ1v) is 20.5. The van der Waals surface area contributed by atoms with Crippen molar-refractivity contribution in [2.75, 3.05) is 13.2 Å². The van der Waals surface area contributed by atoms with Crippen LogP contribution in [0.2, 0.25) is 0 Å². The summed E-state index contributed by atoms with van der Waals surface area (Å²) in [5.74, 6) is 7.45. The number of fused-ring (bicyclic) bond motifs is 3. The molecule has 0 radical (unpaired) electrons. The van der Waals surface area contributed by atoms with Crippen LogP contribution in [-0.2, 0) is 28.1 Å². The third-order valence-corrected chi connectivity index (χ3v) is 15.5. The molecule has 2 aliphatic rings. The molecule has 0 N–H and O–H groups in total. The molecule has 1 aliphatic heterocycles. The summed E-state index contributed by atoms with van der Waals surface area (Å²) in [5.41, 5.74) is 10.8. The molecule has 51 heavy (non-hydrogen) atoms. The van der Waals surface area contributed by atoms with Crippen molar-refractivity contribution in [3.8, 4) is 27.3 Å². The molecule has 3 heteroatoms. The van der Waals surface area contributed by atoms with Crippen LogP contribution in [0.1, 0.15) is 49.9 Å². The maximum atomic E-state index is 5.98. The van der Waals surface area contributed by atoms with Gasteiger partial charge in [-0.3, -0.25) is 0 Å². The molecule has 0 spiro atoms. The van der Waals surface area contributed by atoms with Crippen molar-refractivity contribution in [3.05, 3.63) is 190 Å². The zero-order chi connectivity index (χ0) is 35.4. The van der Waals surface area contributed by atoms with E-state index in [0.717, 1.165) is 16.5 Å². The van der Waals surface area contributed by atoms with Crippen molar-refractivity contribution < 1.29 is 22.7 Å². The van der Waals surface area contributed by atoms with Crippen molar-refractivity contribution in [2.45, 2.75) is 33.1 Å². The van der Waals surface area contributed by atoms with E-state index < -0.39 is 7.26 Å². The van der Waals surface area contributed by atoms with Crippen molar-refractivity contribution in [2.24, 2.45) is 0 Å². The molecule has 0 unspecified atom stereocenters. The quantitative estimate of drug-likeness (QED) is 0.122. The summed E-state index contributed by atoms with van der Waals surface area (Å²) in [4.78, 5) is 0. The normalized spacial score (nSPS) is 16.7. The van der Waals surface area contributed by atoms with Crippen molar-refractivity contribution >= 4 is 29.3 Å². The van der Waals surface area contributed by atoms with Gasteiger partial charge in [0.15, 0.2) is 0 Å². The molecule has 0 amide bonds. The van der Waals surface area contributed by atoms with Gasteiger partial charge in [-0.05, 0) is 6.92 Å². The van der Waals surface area contributed by atoms with Crippen LogP contribution in [0.3, 0.4) is 0 Å². The van der Waals surface area contributed by atoms with E-state index in [2.05, 4.69) is 196 Å². The summed E-state index contributed by atoms with van der Waals surface area (Å²) in [5, 5.41) is 4.96. The summed E-state index contributed by atoms with van der Waals surface area (Å²) >= 11 is 1.79. The Bertz CT molecular complexity index is 2230. The predicted molar refractivity (Wildman–Crippen MR) is 214 cm³/mol. The predicted octanol–water partition coefficient (Wildman–Crippen LogP) is 10.0. The first kappa shape index (κ1) is 34.9. The van der Waals surface area contributed by atoms with Crippen molar-refractivity contribution in [1.29, 1.82) is 0 Å². The Labute approximate surface area is 313 Å². The van der Waals surface area contributed by atoms with Crippen LogP contribution < -0.4 is 15.9 Å². The molecule has 0 atom stereocenters. The molecule has 1 fully saturated rings. The zero-order valence-corrected chi connectivity index (χ0v) is 33.0. The van der Waals surface area contributed by atoms with Gasteiger partial charge in [0.25, 0.3) is 0 Å². The summed E-state index contributed by atoms with van der Waals surface area (Å²) in [6, 6.07) is 46.5. The maximum absolute atomic E-state index is 5.98. The summed E-state index contributed by atoms with van der Waals surface area (Å²) in [6.07, 6.45) is 8.73. The molecule has 5 aromatic rings. The summed E-state index contributed by atoms with van der Waals surface area (Å²) in [7, 11) is -2.45. The Morgan fingerprint density at radius 1 is 0.706 bits per heavy atom. The molecule has 7 rings (SSSR count). The van der Waals surface area contributed by atoms with Crippen LogP contribution in [0.15, 0.2) is 168 Å². The third-order valence-electron chi connectivity index (χ3n) is 10.1. The minimum absolute atomic E-state index is 0.130. The average Bonchev–Trinajstić information content (AvgIpc) is 3.72. The fourth-order valence-corrected chi connectivity index (χ4v) is 13.3. The number of rotatable bonds is 6. The molecular weight excluding hydrogens is 814 g/mol. The van der Waals surface area contributed by atoms with Crippen LogP contribution in [0.5, 0.6) is 0 Å². The fourth-order valence-electron chi connectivity index (χ4n) is 7.54. The van der Waals surface area contributed by atoms with Crippen LogP contribution in [-0.4, -0.2) is 13.2 Å². The standard InChI is InChI=1S/C48H41OP.Os/c1-6-17-36-25-28-44-45-29-26-37(31-47(45)48(4,5)46(44)30-36)24-27-39(32-40-34-49-33-38(40)7-2)35(3)50(41-18-11-8-12-19-41,42-20-13-9-14-21-42)43-22-15-10-16-23-43;/h6-23,25-26,28-32H,33-34H2,1-2,4-5H3;/q+1;/b17-6+,38-7?,39-35?,40-32?;. The van der Waals surface area contributed by atoms with E-state index in [4.69, 9.17) is 4.74 Å². The van der Waals surface area contributed by atoms with Gasteiger partial charge < -0.3 is 0 Å². The van der Waals surface area contributed by atoms with Gasteiger partial charge in [0.05, 0.1) is 0 Å². The van der Waals surface area contributed by atoms with Crippen molar-refractivity contribution in [1.82, 2.24) is 0 Å². The second kappa shape index (κ2) is 15.0. The molecule has 0 saturated carbocycles. The van der Waals surface area contributed by atoms with Gasteiger partial charge in [-0.1, -0.05) is 12.2 Å². The Kier molecular flexibility index (Phi) is 10.2. The van der Waals surface area contributed by atoms with Gasteiger partial charge in [-0.2, -0.15) is 0 Å². The first-order chi connectivity index (χ1) is 24.9. The third kappa shape index (κ3) is 6.43. The second-order valence-electron chi connectivity index (χ2n) is 13.4. The average molecular weight is 855 g/mol. The van der Waals surface area contributed by atoms with Gasteiger partial charge >= 0.3 is 296 Å². The second-order valence-corrected chi connectivity index (χ2v) is 17.4. The molecule has 1 aliphatic carbocycles. The topological polar surface area (TPSA) is 9.23 Å². The SMILES string of the molecule is CC=C1COCC1=CC(C#Cc1ccc2c(c1)C(C)(C)c1cc(/C=C/C)ccc1-2)=C([C]#[Os])[P+](c1ccccc1)(c1ccccc1)c1ccccc1.